The van der Waals surface area contributed by atoms with Gasteiger partial charge in [-0.25, -0.2) is 19.6 Å². The van der Waals surface area contributed by atoms with Gasteiger partial charge in [-0.1, -0.05) is 11.6 Å². The molecule has 1 atom stereocenters. The van der Waals surface area contributed by atoms with E-state index < -0.39 is 11.9 Å². The highest BCUT2D eigenvalue weighted by molar-refractivity contribution is 6.34. The Bertz CT molecular complexity index is 1040. The van der Waals surface area contributed by atoms with Crippen LogP contribution in [-0.2, 0) is 4.79 Å². The first-order valence-electron chi connectivity index (χ1n) is 9.76. The number of hydrogen-bond donors (Lipinski definition) is 2. The summed E-state index contributed by atoms with van der Waals surface area (Å²) in [5, 5.41) is 9.68. The van der Waals surface area contributed by atoms with Gasteiger partial charge in [0.05, 0.1) is 11.2 Å². The maximum absolute atomic E-state index is 12.7. The Kier molecular flexibility index (Phi) is 7.14. The number of nitrogens with one attached hydrogen (secondary N) is 2. The van der Waals surface area contributed by atoms with E-state index in [0.29, 0.717) is 30.4 Å². The minimum absolute atomic E-state index is 0.0950. The van der Waals surface area contributed by atoms with Gasteiger partial charge >= 0.3 is 0 Å². The molecule has 0 fully saturated rings. The SMILES string of the molecule is CCN(CC)c1ncc(Cl)c(C(=O)Nc2ccc(NC(=O)C(C)n3cncn3)cc2)n1. The molecule has 1 unspecified atom stereocenters. The second kappa shape index (κ2) is 9.98. The van der Waals surface area contributed by atoms with Gasteiger partial charge in [-0.05, 0) is 45.0 Å². The van der Waals surface area contributed by atoms with E-state index in [1.165, 1.54) is 23.5 Å². The summed E-state index contributed by atoms with van der Waals surface area (Å²) in [6.45, 7) is 7.10. The third-order valence-electron chi connectivity index (χ3n) is 4.62. The molecule has 0 saturated heterocycles. The summed E-state index contributed by atoms with van der Waals surface area (Å²) >= 11 is 6.14. The van der Waals surface area contributed by atoms with E-state index >= 15 is 0 Å². The number of benzene rings is 1. The standard InChI is InChI=1S/C20H23ClN8O2/c1-4-28(5-2)20-23-10-16(21)17(27-20)19(31)26-15-8-6-14(7-9-15)25-18(30)13(3)29-12-22-11-24-29/h6-13H,4-5H2,1-3H3,(H,25,30)(H,26,31). The second-order valence-electron chi connectivity index (χ2n) is 6.61. The molecule has 0 aliphatic heterocycles. The number of carbonyl (C=O) groups excluding carboxylic acids is 2. The zero-order chi connectivity index (χ0) is 22.4. The van der Waals surface area contributed by atoms with Gasteiger partial charge in [-0.3, -0.25) is 9.59 Å². The smallest absolute Gasteiger partial charge is 0.276 e. The fourth-order valence-corrected chi connectivity index (χ4v) is 2.96. The van der Waals surface area contributed by atoms with Gasteiger partial charge in [-0.15, -0.1) is 0 Å². The topological polar surface area (TPSA) is 118 Å². The van der Waals surface area contributed by atoms with Gasteiger partial charge in [0, 0.05) is 24.5 Å². The lowest BCUT2D eigenvalue weighted by molar-refractivity contribution is -0.119. The van der Waals surface area contributed by atoms with Crippen LogP contribution in [-0.4, -0.2) is 49.6 Å². The average Bonchev–Trinajstić information content (AvgIpc) is 3.31. The molecule has 0 radical (unpaired) electrons. The Labute approximate surface area is 184 Å². The van der Waals surface area contributed by atoms with Gasteiger partial charge < -0.3 is 15.5 Å². The number of aromatic nitrogens is 5. The van der Waals surface area contributed by atoms with Crippen LogP contribution in [0.25, 0.3) is 0 Å². The molecule has 0 bridgehead atoms. The summed E-state index contributed by atoms with van der Waals surface area (Å²) in [6, 6.07) is 6.21. The van der Waals surface area contributed by atoms with Crippen LogP contribution < -0.4 is 15.5 Å². The highest BCUT2D eigenvalue weighted by atomic mass is 35.5. The molecule has 2 heterocycles. The van der Waals surface area contributed by atoms with E-state index in [1.54, 1.807) is 31.2 Å². The first-order chi connectivity index (χ1) is 14.9. The Balaban J connectivity index is 1.66. The van der Waals surface area contributed by atoms with Crippen LogP contribution >= 0.6 is 11.6 Å². The Morgan fingerprint density at radius 1 is 1.13 bits per heavy atom. The minimum atomic E-state index is -0.512. The molecule has 2 N–H and O–H groups in total. The minimum Gasteiger partial charge on any atom is -0.341 e. The number of halogens is 1. The van der Waals surface area contributed by atoms with Crippen molar-refractivity contribution in [2.75, 3.05) is 28.6 Å². The number of anilines is 3. The van der Waals surface area contributed by atoms with E-state index in [9.17, 15) is 9.59 Å². The second-order valence-corrected chi connectivity index (χ2v) is 7.02. The summed E-state index contributed by atoms with van der Waals surface area (Å²) in [4.78, 5) is 39.3. The molecule has 3 aromatic rings. The normalized spacial score (nSPS) is 11.6. The first kappa shape index (κ1) is 22.2. The van der Waals surface area contributed by atoms with Crippen LogP contribution in [0, 0.1) is 0 Å². The van der Waals surface area contributed by atoms with E-state index in [4.69, 9.17) is 11.6 Å². The third-order valence-corrected chi connectivity index (χ3v) is 4.89. The van der Waals surface area contributed by atoms with Crippen molar-refractivity contribution in [1.82, 2.24) is 24.7 Å². The molecule has 11 heteroatoms. The number of nitrogens with zero attached hydrogens (tertiary/aromatic N) is 6. The lowest BCUT2D eigenvalue weighted by Gasteiger charge is -2.19. The molecule has 1 aromatic carbocycles. The molecule has 2 aromatic heterocycles. The molecule has 3 rings (SSSR count). The highest BCUT2D eigenvalue weighted by Crippen LogP contribution is 2.20. The zero-order valence-electron chi connectivity index (χ0n) is 17.4. The molecule has 0 aliphatic rings. The van der Waals surface area contributed by atoms with Crippen LogP contribution in [0.2, 0.25) is 5.02 Å². The Morgan fingerprint density at radius 2 is 1.77 bits per heavy atom. The fraction of sp³-hybridized carbons (Fsp3) is 0.300. The molecular formula is C20H23ClN8O2. The Morgan fingerprint density at radius 3 is 2.35 bits per heavy atom. The van der Waals surface area contributed by atoms with E-state index in [0.717, 1.165) is 0 Å². The quantitative estimate of drug-likeness (QED) is 0.550. The van der Waals surface area contributed by atoms with Crippen LogP contribution in [0.4, 0.5) is 17.3 Å². The van der Waals surface area contributed by atoms with Gasteiger partial charge in [0.15, 0.2) is 5.69 Å². The number of hydrogen-bond acceptors (Lipinski definition) is 7. The van der Waals surface area contributed by atoms with Gasteiger partial charge in [-0.2, -0.15) is 5.10 Å². The molecule has 31 heavy (non-hydrogen) atoms. The highest BCUT2D eigenvalue weighted by Gasteiger charge is 2.18. The average molecular weight is 443 g/mol. The molecule has 162 valence electrons. The van der Waals surface area contributed by atoms with E-state index in [2.05, 4.69) is 30.7 Å². The van der Waals surface area contributed by atoms with Crippen molar-refractivity contribution in [2.24, 2.45) is 0 Å². The number of carbonyl (C=O) groups is 2. The molecule has 0 saturated carbocycles. The monoisotopic (exact) mass is 442 g/mol. The van der Waals surface area contributed by atoms with Gasteiger partial charge in [0.1, 0.15) is 18.7 Å². The van der Waals surface area contributed by atoms with E-state index in [1.807, 2.05) is 18.7 Å². The maximum atomic E-state index is 12.7. The van der Waals surface area contributed by atoms with Crippen LogP contribution in [0.5, 0.6) is 0 Å². The zero-order valence-corrected chi connectivity index (χ0v) is 18.2. The molecule has 2 amide bonds. The summed E-state index contributed by atoms with van der Waals surface area (Å²) in [7, 11) is 0. The van der Waals surface area contributed by atoms with Crippen LogP contribution in [0.3, 0.4) is 0 Å². The summed E-state index contributed by atoms with van der Waals surface area (Å²) < 4.78 is 1.46. The van der Waals surface area contributed by atoms with Crippen molar-refractivity contribution in [3.63, 3.8) is 0 Å². The number of amides is 2. The predicted octanol–water partition coefficient (Wildman–Crippen LogP) is 3.02. The lowest BCUT2D eigenvalue weighted by atomic mass is 10.2. The van der Waals surface area contributed by atoms with Crippen LogP contribution in [0.15, 0.2) is 43.1 Å². The summed E-state index contributed by atoms with van der Waals surface area (Å²) in [6.07, 6.45) is 4.27. The van der Waals surface area contributed by atoms with E-state index in [-0.39, 0.29) is 16.6 Å². The van der Waals surface area contributed by atoms with Crippen molar-refractivity contribution in [3.8, 4) is 0 Å². The lowest BCUT2D eigenvalue weighted by Crippen LogP contribution is -2.25. The van der Waals surface area contributed by atoms with Gasteiger partial charge in [0.2, 0.25) is 11.9 Å². The van der Waals surface area contributed by atoms with Crippen molar-refractivity contribution >= 4 is 40.7 Å². The molecular weight excluding hydrogens is 420 g/mol. The van der Waals surface area contributed by atoms with Crippen molar-refractivity contribution in [3.05, 3.63) is 53.8 Å². The van der Waals surface area contributed by atoms with Crippen LogP contribution in [0.1, 0.15) is 37.3 Å². The van der Waals surface area contributed by atoms with Crippen molar-refractivity contribution in [2.45, 2.75) is 26.8 Å². The summed E-state index contributed by atoms with van der Waals surface area (Å²) in [5.74, 6) is -0.240. The Hall–Kier alpha value is -3.53. The maximum Gasteiger partial charge on any atom is 0.276 e. The largest absolute Gasteiger partial charge is 0.341 e. The molecule has 0 spiro atoms. The number of rotatable bonds is 8. The predicted molar refractivity (Wildman–Crippen MR) is 118 cm³/mol. The third kappa shape index (κ3) is 5.34. The first-order valence-corrected chi connectivity index (χ1v) is 10.1. The summed E-state index contributed by atoms with van der Waals surface area (Å²) in [5.41, 5.74) is 1.21. The molecule has 10 nitrogen and oxygen atoms in total. The fourth-order valence-electron chi connectivity index (χ4n) is 2.79. The van der Waals surface area contributed by atoms with Crippen molar-refractivity contribution in [1.29, 1.82) is 0 Å². The van der Waals surface area contributed by atoms with Crippen molar-refractivity contribution < 1.29 is 9.59 Å². The van der Waals surface area contributed by atoms with Gasteiger partial charge in [0.25, 0.3) is 5.91 Å². The molecule has 0 aliphatic carbocycles.